The van der Waals surface area contributed by atoms with Crippen LogP contribution in [-0.2, 0) is 9.59 Å². The Balaban J connectivity index is 1.59. The maximum atomic E-state index is 12.6. The van der Waals surface area contributed by atoms with Crippen molar-refractivity contribution in [1.82, 2.24) is 20.9 Å². The first-order valence-electron chi connectivity index (χ1n) is 8.69. The molecule has 2 aliphatic heterocycles. The summed E-state index contributed by atoms with van der Waals surface area (Å²) in [5.74, 6) is -0.492. The molecule has 4 amide bonds. The predicted octanol–water partition coefficient (Wildman–Crippen LogP) is 0.498. The number of hydrogen-bond donors (Lipinski definition) is 3. The Morgan fingerprint density at radius 3 is 2.70 bits per heavy atom. The van der Waals surface area contributed by atoms with Gasteiger partial charge in [0.2, 0.25) is 5.91 Å². The van der Waals surface area contributed by atoms with Crippen LogP contribution in [-0.4, -0.2) is 53.5 Å². The van der Waals surface area contributed by atoms with Crippen LogP contribution in [0, 0.1) is 0 Å². The summed E-state index contributed by atoms with van der Waals surface area (Å²) in [7, 11) is 0. The Hall–Kier alpha value is -1.63. The van der Waals surface area contributed by atoms with Gasteiger partial charge in [0.1, 0.15) is 12.1 Å². The van der Waals surface area contributed by atoms with E-state index >= 15 is 0 Å². The Morgan fingerprint density at radius 1 is 1.26 bits per heavy atom. The molecule has 3 rings (SSSR count). The smallest absolute Gasteiger partial charge is 0.325 e. The molecular formula is C16H26N4O3. The molecular weight excluding hydrogens is 296 g/mol. The summed E-state index contributed by atoms with van der Waals surface area (Å²) < 4.78 is 0. The van der Waals surface area contributed by atoms with Crippen LogP contribution in [0.5, 0.6) is 0 Å². The molecule has 1 saturated carbocycles. The van der Waals surface area contributed by atoms with Crippen molar-refractivity contribution in [1.29, 1.82) is 0 Å². The Labute approximate surface area is 136 Å². The van der Waals surface area contributed by atoms with Gasteiger partial charge in [-0.25, -0.2) is 4.79 Å². The minimum Gasteiger partial charge on any atom is -0.350 e. The molecule has 7 nitrogen and oxygen atoms in total. The molecule has 128 valence electrons. The van der Waals surface area contributed by atoms with Gasteiger partial charge in [0, 0.05) is 12.1 Å². The van der Waals surface area contributed by atoms with Crippen LogP contribution in [0.4, 0.5) is 4.79 Å². The lowest BCUT2D eigenvalue weighted by Gasteiger charge is -2.31. The third kappa shape index (κ3) is 3.20. The average Bonchev–Trinajstić information content (AvgIpc) is 2.75. The number of amides is 4. The zero-order valence-electron chi connectivity index (χ0n) is 13.7. The summed E-state index contributed by atoms with van der Waals surface area (Å²) in [5.41, 5.74) is -0.755. The molecule has 3 fully saturated rings. The Kier molecular flexibility index (Phi) is 4.57. The number of nitrogens with zero attached hydrogens (tertiary/aromatic N) is 1. The lowest BCUT2D eigenvalue weighted by molar-refractivity contribution is -0.136. The lowest BCUT2D eigenvalue weighted by Crippen LogP contribution is -2.54. The van der Waals surface area contributed by atoms with Crippen LogP contribution in [0.15, 0.2) is 0 Å². The highest BCUT2D eigenvalue weighted by Gasteiger charge is 2.51. The molecule has 0 radical (unpaired) electrons. The fourth-order valence-corrected chi connectivity index (χ4v) is 3.95. The first kappa shape index (κ1) is 16.2. The number of carbonyl (C=O) groups is 3. The number of rotatable bonds is 3. The number of nitrogens with one attached hydrogen (secondary N) is 3. The van der Waals surface area contributed by atoms with E-state index in [-0.39, 0.29) is 30.4 Å². The van der Waals surface area contributed by atoms with E-state index < -0.39 is 11.6 Å². The fraction of sp³-hybridized carbons (Fsp3) is 0.812. The Bertz CT molecular complexity index is 502. The summed E-state index contributed by atoms with van der Waals surface area (Å²) in [4.78, 5) is 38.1. The highest BCUT2D eigenvalue weighted by Crippen LogP contribution is 2.33. The molecule has 7 heteroatoms. The van der Waals surface area contributed by atoms with Gasteiger partial charge in [-0.05, 0) is 39.2 Å². The van der Waals surface area contributed by atoms with Gasteiger partial charge in [0.25, 0.3) is 5.91 Å². The van der Waals surface area contributed by atoms with E-state index in [1.54, 1.807) is 0 Å². The van der Waals surface area contributed by atoms with Crippen molar-refractivity contribution in [3.8, 4) is 0 Å². The molecule has 23 heavy (non-hydrogen) atoms. The third-order valence-corrected chi connectivity index (χ3v) is 5.36. The Morgan fingerprint density at radius 2 is 2.00 bits per heavy atom. The van der Waals surface area contributed by atoms with Crippen molar-refractivity contribution < 1.29 is 14.4 Å². The highest BCUT2D eigenvalue weighted by atomic mass is 16.2. The topological polar surface area (TPSA) is 90.5 Å². The maximum absolute atomic E-state index is 12.6. The quantitative estimate of drug-likeness (QED) is 0.660. The first-order chi connectivity index (χ1) is 11.0. The molecule has 3 N–H and O–H groups in total. The SMILES string of the molecule is CC1NCCCC1NC(=O)CN1C(=O)NC2(CCCCC2)C1=O. The van der Waals surface area contributed by atoms with Gasteiger partial charge in [-0.3, -0.25) is 14.5 Å². The first-order valence-corrected chi connectivity index (χ1v) is 8.69. The number of carbonyl (C=O) groups excluding carboxylic acids is 3. The van der Waals surface area contributed by atoms with E-state index in [1.165, 1.54) is 0 Å². The minimum atomic E-state index is -0.755. The molecule has 2 saturated heterocycles. The number of hydrogen-bond acceptors (Lipinski definition) is 4. The average molecular weight is 322 g/mol. The summed E-state index contributed by atoms with van der Waals surface area (Å²) in [5, 5.41) is 9.11. The highest BCUT2D eigenvalue weighted by molar-refractivity contribution is 6.09. The maximum Gasteiger partial charge on any atom is 0.325 e. The molecule has 0 aromatic heterocycles. The summed E-state index contributed by atoms with van der Waals surface area (Å²) in [6, 6.07) is -0.164. The second-order valence-electron chi connectivity index (χ2n) is 7.02. The number of imide groups is 1. The van der Waals surface area contributed by atoms with Gasteiger partial charge in [-0.1, -0.05) is 19.3 Å². The number of urea groups is 1. The van der Waals surface area contributed by atoms with Gasteiger partial charge in [-0.15, -0.1) is 0 Å². The molecule has 2 heterocycles. The molecule has 3 aliphatic rings. The van der Waals surface area contributed by atoms with E-state index in [0.717, 1.165) is 43.5 Å². The second kappa shape index (κ2) is 6.47. The normalized spacial score (nSPS) is 30.4. The van der Waals surface area contributed by atoms with Crippen molar-refractivity contribution in [2.24, 2.45) is 0 Å². The van der Waals surface area contributed by atoms with Crippen LogP contribution in [0.1, 0.15) is 51.9 Å². The van der Waals surface area contributed by atoms with E-state index in [0.29, 0.717) is 12.8 Å². The summed E-state index contributed by atoms with van der Waals surface area (Å²) in [6.45, 7) is 2.81. The molecule has 2 atom stereocenters. The molecule has 0 aromatic carbocycles. The van der Waals surface area contributed by atoms with E-state index in [9.17, 15) is 14.4 Å². The van der Waals surface area contributed by atoms with Crippen LogP contribution < -0.4 is 16.0 Å². The van der Waals surface area contributed by atoms with Crippen molar-refractivity contribution >= 4 is 17.8 Å². The van der Waals surface area contributed by atoms with Gasteiger partial charge in [0.15, 0.2) is 0 Å². The second-order valence-corrected chi connectivity index (χ2v) is 7.02. The third-order valence-electron chi connectivity index (χ3n) is 5.36. The van der Waals surface area contributed by atoms with Crippen molar-refractivity contribution in [3.63, 3.8) is 0 Å². The van der Waals surface area contributed by atoms with Crippen molar-refractivity contribution in [3.05, 3.63) is 0 Å². The van der Waals surface area contributed by atoms with Gasteiger partial charge < -0.3 is 16.0 Å². The number of piperidine rings is 1. The van der Waals surface area contributed by atoms with Gasteiger partial charge in [0.05, 0.1) is 0 Å². The van der Waals surface area contributed by atoms with Gasteiger partial charge in [-0.2, -0.15) is 0 Å². The van der Waals surface area contributed by atoms with Crippen LogP contribution >= 0.6 is 0 Å². The predicted molar refractivity (Wildman–Crippen MR) is 84.7 cm³/mol. The minimum absolute atomic E-state index is 0.0562. The zero-order chi connectivity index (χ0) is 16.4. The van der Waals surface area contributed by atoms with Crippen molar-refractivity contribution in [2.45, 2.75) is 69.5 Å². The standard InChI is InChI=1S/C16H26N4O3/c1-11-12(6-5-9-17-11)18-13(21)10-20-14(22)16(19-15(20)23)7-3-2-4-8-16/h11-12,17H,2-10H2,1H3,(H,18,21)(H,19,23). The van der Waals surface area contributed by atoms with E-state index in [2.05, 4.69) is 16.0 Å². The molecule has 1 spiro atoms. The van der Waals surface area contributed by atoms with Gasteiger partial charge >= 0.3 is 6.03 Å². The summed E-state index contributed by atoms with van der Waals surface area (Å²) >= 11 is 0. The van der Waals surface area contributed by atoms with Crippen LogP contribution in [0.2, 0.25) is 0 Å². The largest absolute Gasteiger partial charge is 0.350 e. The summed E-state index contributed by atoms with van der Waals surface area (Å²) in [6.07, 6.45) is 6.27. The zero-order valence-corrected chi connectivity index (χ0v) is 13.7. The van der Waals surface area contributed by atoms with E-state index in [4.69, 9.17) is 0 Å². The lowest BCUT2D eigenvalue weighted by atomic mass is 9.82. The van der Waals surface area contributed by atoms with Crippen LogP contribution in [0.25, 0.3) is 0 Å². The van der Waals surface area contributed by atoms with Crippen molar-refractivity contribution in [2.75, 3.05) is 13.1 Å². The molecule has 1 aliphatic carbocycles. The monoisotopic (exact) mass is 322 g/mol. The van der Waals surface area contributed by atoms with Crippen LogP contribution in [0.3, 0.4) is 0 Å². The fourth-order valence-electron chi connectivity index (χ4n) is 3.95. The van der Waals surface area contributed by atoms with E-state index in [1.807, 2.05) is 6.92 Å². The molecule has 2 unspecified atom stereocenters. The molecule has 0 bridgehead atoms. The molecule has 0 aromatic rings.